The van der Waals surface area contributed by atoms with Gasteiger partial charge in [-0.3, -0.25) is 0 Å². The molecule has 3 nitrogen and oxygen atoms in total. The van der Waals surface area contributed by atoms with E-state index in [2.05, 4.69) is 26.6 Å². The number of benzene rings is 2. The first-order valence-corrected chi connectivity index (χ1v) is 6.88. The van der Waals surface area contributed by atoms with E-state index in [4.69, 9.17) is 23.2 Å². The standard InChI is InChI=1S/C13H9BrCl2N2O/c14-8-1-6-11(16)12(7-8)18-13(19)17-10-4-2-9(15)3-5-10/h1-7H,(H2,17,18,19). The maximum atomic E-state index is 11.8. The first-order valence-electron chi connectivity index (χ1n) is 5.33. The quantitative estimate of drug-likeness (QED) is 0.740. The highest BCUT2D eigenvalue weighted by atomic mass is 79.9. The van der Waals surface area contributed by atoms with Gasteiger partial charge in [0, 0.05) is 15.2 Å². The maximum absolute atomic E-state index is 11.8. The summed E-state index contributed by atoms with van der Waals surface area (Å²) in [6, 6.07) is 11.7. The van der Waals surface area contributed by atoms with Crippen LogP contribution in [0.4, 0.5) is 16.2 Å². The molecule has 0 aliphatic carbocycles. The second kappa shape index (κ2) is 6.28. The molecule has 2 rings (SSSR count). The summed E-state index contributed by atoms with van der Waals surface area (Å²) in [6.07, 6.45) is 0. The van der Waals surface area contributed by atoms with Crippen LogP contribution in [0.5, 0.6) is 0 Å². The second-order valence-electron chi connectivity index (χ2n) is 3.71. The van der Waals surface area contributed by atoms with Crippen LogP contribution >= 0.6 is 39.1 Å². The first kappa shape index (κ1) is 14.2. The van der Waals surface area contributed by atoms with Crippen molar-refractivity contribution in [1.82, 2.24) is 0 Å². The fourth-order valence-electron chi connectivity index (χ4n) is 1.41. The van der Waals surface area contributed by atoms with Gasteiger partial charge in [-0.2, -0.15) is 0 Å². The lowest BCUT2D eigenvalue weighted by atomic mass is 10.3. The third-order valence-corrected chi connectivity index (χ3v) is 3.35. The molecule has 0 aliphatic rings. The molecule has 0 radical (unpaired) electrons. The predicted octanol–water partition coefficient (Wildman–Crippen LogP) is 5.40. The Morgan fingerprint density at radius 1 is 1.00 bits per heavy atom. The maximum Gasteiger partial charge on any atom is 0.323 e. The molecule has 0 aliphatic heterocycles. The van der Waals surface area contributed by atoms with E-state index in [1.807, 2.05) is 0 Å². The van der Waals surface area contributed by atoms with E-state index in [0.717, 1.165) is 4.47 Å². The van der Waals surface area contributed by atoms with Gasteiger partial charge in [0.1, 0.15) is 0 Å². The minimum atomic E-state index is -0.373. The summed E-state index contributed by atoms with van der Waals surface area (Å²) in [5.41, 5.74) is 1.18. The Morgan fingerprint density at radius 2 is 1.68 bits per heavy atom. The largest absolute Gasteiger partial charge is 0.323 e. The van der Waals surface area contributed by atoms with Crippen molar-refractivity contribution in [3.63, 3.8) is 0 Å². The SMILES string of the molecule is O=C(Nc1ccc(Cl)cc1)Nc1cc(Br)ccc1Cl. The summed E-state index contributed by atoms with van der Waals surface area (Å²) in [6.45, 7) is 0. The lowest BCUT2D eigenvalue weighted by Crippen LogP contribution is -2.19. The average Bonchev–Trinajstić information content (AvgIpc) is 2.37. The Bertz CT molecular complexity index is 602. The van der Waals surface area contributed by atoms with E-state index in [0.29, 0.717) is 21.4 Å². The predicted molar refractivity (Wildman–Crippen MR) is 83.2 cm³/mol. The lowest BCUT2D eigenvalue weighted by molar-refractivity contribution is 0.262. The van der Waals surface area contributed by atoms with Gasteiger partial charge in [0.2, 0.25) is 0 Å². The van der Waals surface area contributed by atoms with Gasteiger partial charge in [0.15, 0.2) is 0 Å². The molecule has 0 spiro atoms. The normalized spacial score (nSPS) is 10.1. The van der Waals surface area contributed by atoms with E-state index in [-0.39, 0.29) is 6.03 Å². The zero-order valence-corrected chi connectivity index (χ0v) is 12.7. The van der Waals surface area contributed by atoms with Crippen LogP contribution in [-0.4, -0.2) is 6.03 Å². The van der Waals surface area contributed by atoms with Crippen LogP contribution < -0.4 is 10.6 Å². The van der Waals surface area contributed by atoms with Gasteiger partial charge in [0.25, 0.3) is 0 Å². The Kier molecular flexibility index (Phi) is 4.69. The molecule has 0 saturated carbocycles. The van der Waals surface area contributed by atoms with Crippen LogP contribution in [0.3, 0.4) is 0 Å². The van der Waals surface area contributed by atoms with E-state index in [9.17, 15) is 4.79 Å². The number of carbonyl (C=O) groups is 1. The average molecular weight is 360 g/mol. The number of anilines is 2. The summed E-state index contributed by atoms with van der Waals surface area (Å²) >= 11 is 15.1. The smallest absolute Gasteiger partial charge is 0.308 e. The fraction of sp³-hybridized carbons (Fsp3) is 0. The van der Waals surface area contributed by atoms with Crippen molar-refractivity contribution in [2.24, 2.45) is 0 Å². The molecular formula is C13H9BrCl2N2O. The molecule has 0 atom stereocenters. The highest BCUT2D eigenvalue weighted by Gasteiger charge is 2.06. The Balaban J connectivity index is 2.05. The van der Waals surface area contributed by atoms with Crippen molar-refractivity contribution in [3.8, 4) is 0 Å². The molecule has 19 heavy (non-hydrogen) atoms. The minimum Gasteiger partial charge on any atom is -0.308 e. The molecule has 2 amide bonds. The molecule has 2 aromatic carbocycles. The van der Waals surface area contributed by atoms with Crippen molar-refractivity contribution in [2.45, 2.75) is 0 Å². The molecule has 0 saturated heterocycles. The van der Waals surface area contributed by atoms with Gasteiger partial charge in [-0.05, 0) is 42.5 Å². The first-order chi connectivity index (χ1) is 9.04. The molecule has 98 valence electrons. The summed E-state index contributed by atoms with van der Waals surface area (Å²) in [4.78, 5) is 11.8. The van der Waals surface area contributed by atoms with E-state index >= 15 is 0 Å². The number of rotatable bonds is 2. The van der Waals surface area contributed by atoms with Crippen LogP contribution in [0.15, 0.2) is 46.9 Å². The molecule has 6 heteroatoms. The van der Waals surface area contributed by atoms with E-state index in [1.54, 1.807) is 42.5 Å². The van der Waals surface area contributed by atoms with Crippen molar-refractivity contribution in [3.05, 3.63) is 57.0 Å². The van der Waals surface area contributed by atoms with Gasteiger partial charge in [-0.15, -0.1) is 0 Å². The van der Waals surface area contributed by atoms with Crippen molar-refractivity contribution < 1.29 is 4.79 Å². The molecule has 0 unspecified atom stereocenters. The molecule has 0 heterocycles. The Hall–Kier alpha value is -1.23. The number of halogens is 3. The lowest BCUT2D eigenvalue weighted by Gasteiger charge is -2.09. The Labute approximate surface area is 129 Å². The van der Waals surface area contributed by atoms with Gasteiger partial charge >= 0.3 is 6.03 Å². The number of urea groups is 1. The highest BCUT2D eigenvalue weighted by molar-refractivity contribution is 9.10. The van der Waals surface area contributed by atoms with E-state index in [1.165, 1.54) is 0 Å². The number of carbonyl (C=O) groups excluding carboxylic acids is 1. The minimum absolute atomic E-state index is 0.373. The number of nitrogens with one attached hydrogen (secondary N) is 2. The van der Waals surface area contributed by atoms with Crippen LogP contribution in [0.25, 0.3) is 0 Å². The third kappa shape index (κ3) is 4.13. The number of hydrogen-bond acceptors (Lipinski definition) is 1. The van der Waals surface area contributed by atoms with Crippen molar-refractivity contribution in [2.75, 3.05) is 10.6 Å². The van der Waals surface area contributed by atoms with Crippen LogP contribution in [0.2, 0.25) is 10.0 Å². The molecule has 0 aromatic heterocycles. The topological polar surface area (TPSA) is 41.1 Å². The summed E-state index contributed by atoms with van der Waals surface area (Å²) in [7, 11) is 0. The Morgan fingerprint density at radius 3 is 2.37 bits per heavy atom. The summed E-state index contributed by atoms with van der Waals surface area (Å²) in [5, 5.41) is 6.43. The fourth-order valence-corrected chi connectivity index (χ4v) is 2.06. The van der Waals surface area contributed by atoms with Gasteiger partial charge in [-0.1, -0.05) is 39.1 Å². The van der Waals surface area contributed by atoms with E-state index < -0.39 is 0 Å². The van der Waals surface area contributed by atoms with Gasteiger partial charge in [-0.25, -0.2) is 4.79 Å². The zero-order chi connectivity index (χ0) is 13.8. The van der Waals surface area contributed by atoms with Crippen LogP contribution in [0.1, 0.15) is 0 Å². The number of amides is 2. The molecule has 2 N–H and O–H groups in total. The molecule has 2 aromatic rings. The van der Waals surface area contributed by atoms with Crippen LogP contribution in [-0.2, 0) is 0 Å². The zero-order valence-electron chi connectivity index (χ0n) is 9.58. The van der Waals surface area contributed by atoms with Crippen molar-refractivity contribution in [1.29, 1.82) is 0 Å². The molecule has 0 bridgehead atoms. The monoisotopic (exact) mass is 358 g/mol. The molecular weight excluding hydrogens is 351 g/mol. The van der Waals surface area contributed by atoms with Crippen LogP contribution in [0, 0.1) is 0 Å². The highest BCUT2D eigenvalue weighted by Crippen LogP contribution is 2.25. The summed E-state index contributed by atoms with van der Waals surface area (Å²) in [5.74, 6) is 0. The second-order valence-corrected chi connectivity index (χ2v) is 5.47. The summed E-state index contributed by atoms with van der Waals surface area (Å²) < 4.78 is 0.832. The van der Waals surface area contributed by atoms with Crippen molar-refractivity contribution >= 4 is 56.5 Å². The van der Waals surface area contributed by atoms with Gasteiger partial charge < -0.3 is 10.6 Å². The number of hydrogen-bond donors (Lipinski definition) is 2. The molecule has 0 fully saturated rings. The van der Waals surface area contributed by atoms with Gasteiger partial charge in [0.05, 0.1) is 10.7 Å². The third-order valence-electron chi connectivity index (χ3n) is 2.28.